The van der Waals surface area contributed by atoms with Crippen LogP contribution < -0.4 is 5.32 Å². The summed E-state index contributed by atoms with van der Waals surface area (Å²) in [6.45, 7) is 1.22. The molecular formula is C25H26N2O2. The predicted molar refractivity (Wildman–Crippen MR) is 114 cm³/mol. The fraction of sp³-hybridized carbons (Fsp3) is 0.240. The van der Waals surface area contributed by atoms with Crippen LogP contribution >= 0.6 is 0 Å². The van der Waals surface area contributed by atoms with Crippen molar-refractivity contribution in [2.24, 2.45) is 0 Å². The van der Waals surface area contributed by atoms with Crippen LogP contribution in [0.5, 0.6) is 0 Å². The molecule has 1 N–H and O–H groups in total. The molecule has 1 aliphatic rings. The summed E-state index contributed by atoms with van der Waals surface area (Å²) in [7, 11) is 0. The van der Waals surface area contributed by atoms with Crippen LogP contribution in [-0.2, 0) is 17.8 Å². The first-order valence-electron chi connectivity index (χ1n) is 10.1. The number of carbonyl (C=O) groups excluding carboxylic acids is 1. The molecule has 2 atom stereocenters. The molecule has 0 radical (unpaired) electrons. The van der Waals surface area contributed by atoms with Crippen LogP contribution in [0.25, 0.3) is 0 Å². The first-order chi connectivity index (χ1) is 14.3. The number of nitrogens with zero attached hydrogens (tertiary/aromatic N) is 1. The zero-order valence-electron chi connectivity index (χ0n) is 16.4. The first kappa shape index (κ1) is 19.2. The SMILES string of the molecule is O=C1[C@H](Cc2ccccc2)NC/C=C\C[C@@H](c2ccco2)N1Cc1ccccc1. The molecule has 0 saturated carbocycles. The summed E-state index contributed by atoms with van der Waals surface area (Å²) < 4.78 is 5.73. The molecule has 29 heavy (non-hydrogen) atoms. The lowest BCUT2D eigenvalue weighted by atomic mass is 10.0. The molecule has 4 nitrogen and oxygen atoms in total. The van der Waals surface area contributed by atoms with Crippen molar-refractivity contribution in [3.8, 4) is 0 Å². The van der Waals surface area contributed by atoms with Gasteiger partial charge in [0.05, 0.1) is 18.3 Å². The lowest BCUT2D eigenvalue weighted by molar-refractivity contribution is -0.137. The number of hydrogen-bond donors (Lipinski definition) is 1. The Morgan fingerprint density at radius 2 is 1.62 bits per heavy atom. The third-order valence-electron chi connectivity index (χ3n) is 5.32. The van der Waals surface area contributed by atoms with Gasteiger partial charge in [-0.25, -0.2) is 0 Å². The van der Waals surface area contributed by atoms with Crippen molar-refractivity contribution in [3.05, 3.63) is 108 Å². The maximum Gasteiger partial charge on any atom is 0.240 e. The molecule has 0 spiro atoms. The monoisotopic (exact) mass is 386 g/mol. The predicted octanol–water partition coefficient (Wildman–Crippen LogP) is 4.51. The van der Waals surface area contributed by atoms with Gasteiger partial charge in [-0.1, -0.05) is 72.8 Å². The molecule has 2 heterocycles. The van der Waals surface area contributed by atoms with Crippen molar-refractivity contribution >= 4 is 5.91 Å². The van der Waals surface area contributed by atoms with E-state index in [0.29, 0.717) is 19.5 Å². The van der Waals surface area contributed by atoms with Crippen molar-refractivity contribution in [1.82, 2.24) is 10.2 Å². The Bertz CT molecular complexity index is 920. The molecule has 0 unspecified atom stereocenters. The number of benzene rings is 2. The number of amides is 1. The number of carbonyl (C=O) groups is 1. The van der Waals surface area contributed by atoms with Gasteiger partial charge in [-0.15, -0.1) is 0 Å². The van der Waals surface area contributed by atoms with Crippen LogP contribution in [0.3, 0.4) is 0 Å². The number of rotatable bonds is 5. The number of nitrogens with one attached hydrogen (secondary N) is 1. The van der Waals surface area contributed by atoms with Gasteiger partial charge in [-0.2, -0.15) is 0 Å². The van der Waals surface area contributed by atoms with Crippen LogP contribution in [0.15, 0.2) is 95.6 Å². The molecule has 0 fully saturated rings. The number of furan rings is 1. The van der Waals surface area contributed by atoms with Crippen LogP contribution in [0, 0.1) is 0 Å². The second kappa shape index (κ2) is 9.39. The van der Waals surface area contributed by atoms with Gasteiger partial charge in [0.1, 0.15) is 5.76 Å². The zero-order valence-corrected chi connectivity index (χ0v) is 16.4. The molecule has 0 saturated heterocycles. The molecule has 1 aromatic heterocycles. The quantitative estimate of drug-likeness (QED) is 0.656. The van der Waals surface area contributed by atoms with E-state index in [0.717, 1.165) is 23.3 Å². The Morgan fingerprint density at radius 1 is 0.897 bits per heavy atom. The molecule has 3 aromatic rings. The molecule has 4 heteroatoms. The standard InChI is InChI=1S/C25H26N2O2/c28-25-22(18-20-10-3-1-4-11-20)26-16-8-7-14-23(24-15-9-17-29-24)27(25)19-21-12-5-2-6-13-21/h1-13,15,17,22-23,26H,14,16,18-19H2/b8-7-/t22-,23-/m0/s1. The molecule has 0 aliphatic carbocycles. The van der Waals surface area contributed by atoms with Gasteiger partial charge in [0.15, 0.2) is 0 Å². The Kier molecular flexibility index (Phi) is 6.22. The molecule has 148 valence electrons. The number of hydrogen-bond acceptors (Lipinski definition) is 3. The highest BCUT2D eigenvalue weighted by molar-refractivity contribution is 5.82. The van der Waals surface area contributed by atoms with E-state index in [1.165, 1.54) is 0 Å². The van der Waals surface area contributed by atoms with Crippen molar-refractivity contribution in [2.45, 2.75) is 31.5 Å². The lowest BCUT2D eigenvalue weighted by Crippen LogP contribution is -2.48. The summed E-state index contributed by atoms with van der Waals surface area (Å²) in [6.07, 6.45) is 7.30. The molecule has 4 rings (SSSR count). The van der Waals surface area contributed by atoms with Gasteiger partial charge in [-0.3, -0.25) is 4.79 Å². The summed E-state index contributed by atoms with van der Waals surface area (Å²) in [4.78, 5) is 15.7. The second-order valence-corrected chi connectivity index (χ2v) is 7.34. The fourth-order valence-corrected chi connectivity index (χ4v) is 3.82. The van der Waals surface area contributed by atoms with Crippen LogP contribution in [-0.4, -0.2) is 23.4 Å². The minimum Gasteiger partial charge on any atom is -0.467 e. The van der Waals surface area contributed by atoms with E-state index in [1.54, 1.807) is 6.26 Å². The summed E-state index contributed by atoms with van der Waals surface area (Å²) in [5.41, 5.74) is 2.26. The smallest absolute Gasteiger partial charge is 0.240 e. The minimum atomic E-state index is -0.290. The van der Waals surface area contributed by atoms with Crippen molar-refractivity contribution < 1.29 is 9.21 Å². The maximum absolute atomic E-state index is 13.8. The lowest BCUT2D eigenvalue weighted by Gasteiger charge is -2.33. The van der Waals surface area contributed by atoms with Gasteiger partial charge < -0.3 is 14.6 Å². The van der Waals surface area contributed by atoms with Gasteiger partial charge in [-0.05, 0) is 36.1 Å². The van der Waals surface area contributed by atoms with Crippen LogP contribution in [0.2, 0.25) is 0 Å². The highest BCUT2D eigenvalue weighted by atomic mass is 16.3. The van der Waals surface area contributed by atoms with Gasteiger partial charge in [0.2, 0.25) is 5.91 Å². The van der Waals surface area contributed by atoms with Crippen LogP contribution in [0.4, 0.5) is 0 Å². The van der Waals surface area contributed by atoms with Crippen molar-refractivity contribution in [2.75, 3.05) is 6.54 Å². The summed E-state index contributed by atoms with van der Waals surface area (Å²) >= 11 is 0. The normalized spacial score (nSPS) is 21.2. The van der Waals surface area contributed by atoms with E-state index < -0.39 is 0 Å². The van der Waals surface area contributed by atoms with E-state index in [4.69, 9.17) is 4.42 Å². The minimum absolute atomic E-state index is 0.0998. The summed E-state index contributed by atoms with van der Waals surface area (Å²) in [5, 5.41) is 3.43. The fourth-order valence-electron chi connectivity index (χ4n) is 3.82. The van der Waals surface area contributed by atoms with Gasteiger partial charge in [0, 0.05) is 13.1 Å². The molecule has 0 bridgehead atoms. The van der Waals surface area contributed by atoms with Gasteiger partial charge in [0.25, 0.3) is 0 Å². The first-order valence-corrected chi connectivity index (χ1v) is 10.1. The van der Waals surface area contributed by atoms with Crippen LogP contribution in [0.1, 0.15) is 29.3 Å². The molecule has 1 aliphatic heterocycles. The van der Waals surface area contributed by atoms with Crippen molar-refractivity contribution in [3.63, 3.8) is 0 Å². The van der Waals surface area contributed by atoms with E-state index in [9.17, 15) is 4.79 Å². The Morgan fingerprint density at radius 3 is 2.31 bits per heavy atom. The maximum atomic E-state index is 13.8. The average Bonchev–Trinajstić information content (AvgIpc) is 3.30. The molecule has 1 amide bonds. The van der Waals surface area contributed by atoms with E-state index >= 15 is 0 Å². The Labute approximate surface area is 171 Å². The van der Waals surface area contributed by atoms with E-state index in [-0.39, 0.29) is 18.0 Å². The van der Waals surface area contributed by atoms with E-state index in [2.05, 4.69) is 41.7 Å². The van der Waals surface area contributed by atoms with Crippen molar-refractivity contribution in [1.29, 1.82) is 0 Å². The highest BCUT2D eigenvalue weighted by Gasteiger charge is 2.32. The summed E-state index contributed by atoms with van der Waals surface area (Å²) in [5.74, 6) is 0.919. The average molecular weight is 386 g/mol. The van der Waals surface area contributed by atoms with Gasteiger partial charge >= 0.3 is 0 Å². The molecule has 2 aromatic carbocycles. The second-order valence-electron chi connectivity index (χ2n) is 7.34. The third kappa shape index (κ3) is 4.84. The Hall–Kier alpha value is -3.11. The van der Waals surface area contributed by atoms with E-state index in [1.807, 2.05) is 53.4 Å². The highest BCUT2D eigenvalue weighted by Crippen LogP contribution is 2.29. The zero-order chi connectivity index (χ0) is 19.9. The largest absolute Gasteiger partial charge is 0.467 e. The molecular weight excluding hydrogens is 360 g/mol. The summed E-state index contributed by atoms with van der Waals surface area (Å²) in [6, 6.07) is 23.7. The topological polar surface area (TPSA) is 45.5 Å². The Balaban J connectivity index is 1.67. The third-order valence-corrected chi connectivity index (χ3v) is 5.32.